The van der Waals surface area contributed by atoms with E-state index in [4.69, 9.17) is 9.26 Å². The molecule has 122 valence electrons. The Kier molecular flexibility index (Phi) is 5.08. The first kappa shape index (κ1) is 15.5. The van der Waals surface area contributed by atoms with Crippen LogP contribution in [0.2, 0.25) is 0 Å². The van der Waals surface area contributed by atoms with Gasteiger partial charge >= 0.3 is 0 Å². The molecule has 0 aromatic carbocycles. The highest BCUT2D eigenvalue weighted by molar-refractivity contribution is 5.76. The van der Waals surface area contributed by atoms with Gasteiger partial charge in [-0.05, 0) is 38.5 Å². The molecule has 3 rings (SSSR count). The number of nitrogens with zero attached hydrogens (tertiary/aromatic N) is 3. The standard InChI is InChI=1S/C16H25N3O3/c1-12-17-16(18-22-12)13-5-4-9-19(11-13)15(20)8-7-14-6-2-3-10-21-14/h13-14H,2-11H2,1H3. The molecule has 22 heavy (non-hydrogen) atoms. The van der Waals surface area contributed by atoms with Gasteiger partial charge < -0.3 is 14.2 Å². The lowest BCUT2D eigenvalue weighted by molar-refractivity contribution is -0.133. The maximum absolute atomic E-state index is 12.4. The third-order valence-electron chi connectivity index (χ3n) is 4.64. The monoisotopic (exact) mass is 307 g/mol. The van der Waals surface area contributed by atoms with E-state index in [-0.39, 0.29) is 17.9 Å². The molecule has 3 heterocycles. The highest BCUT2D eigenvalue weighted by Gasteiger charge is 2.28. The molecule has 0 N–H and O–H groups in total. The van der Waals surface area contributed by atoms with Gasteiger partial charge in [-0.1, -0.05) is 5.16 Å². The highest BCUT2D eigenvalue weighted by atomic mass is 16.5. The van der Waals surface area contributed by atoms with Crippen LogP contribution in [0.3, 0.4) is 0 Å². The molecule has 6 nitrogen and oxygen atoms in total. The average Bonchev–Trinajstić information content (AvgIpc) is 3.00. The average molecular weight is 307 g/mol. The minimum Gasteiger partial charge on any atom is -0.378 e. The molecule has 0 saturated carbocycles. The molecular weight excluding hydrogens is 282 g/mol. The Morgan fingerprint density at radius 3 is 2.95 bits per heavy atom. The molecule has 0 bridgehead atoms. The van der Waals surface area contributed by atoms with Crippen LogP contribution in [0.1, 0.15) is 62.6 Å². The van der Waals surface area contributed by atoms with Gasteiger partial charge in [0, 0.05) is 39.0 Å². The minimum atomic E-state index is 0.209. The maximum Gasteiger partial charge on any atom is 0.223 e. The van der Waals surface area contributed by atoms with Gasteiger partial charge in [0.25, 0.3) is 0 Å². The Bertz CT molecular complexity index is 497. The summed E-state index contributed by atoms with van der Waals surface area (Å²) in [5, 5.41) is 4.01. The number of carbonyl (C=O) groups is 1. The van der Waals surface area contributed by atoms with Gasteiger partial charge in [0.05, 0.1) is 6.10 Å². The van der Waals surface area contributed by atoms with Crippen molar-refractivity contribution in [3.63, 3.8) is 0 Å². The predicted molar refractivity (Wildman–Crippen MR) is 80.4 cm³/mol. The summed E-state index contributed by atoms with van der Waals surface area (Å²) in [6.07, 6.45) is 7.21. The van der Waals surface area contributed by atoms with Crippen LogP contribution in [0.15, 0.2) is 4.52 Å². The fourth-order valence-corrected chi connectivity index (χ4v) is 3.37. The second kappa shape index (κ2) is 7.22. The molecule has 0 aliphatic carbocycles. The van der Waals surface area contributed by atoms with Crippen LogP contribution in [0, 0.1) is 6.92 Å². The van der Waals surface area contributed by atoms with E-state index < -0.39 is 0 Å². The van der Waals surface area contributed by atoms with Gasteiger partial charge in [-0.25, -0.2) is 0 Å². The van der Waals surface area contributed by atoms with E-state index in [9.17, 15) is 4.79 Å². The van der Waals surface area contributed by atoms with E-state index >= 15 is 0 Å². The largest absolute Gasteiger partial charge is 0.378 e. The highest BCUT2D eigenvalue weighted by Crippen LogP contribution is 2.26. The molecule has 2 saturated heterocycles. The van der Waals surface area contributed by atoms with Crippen molar-refractivity contribution in [1.29, 1.82) is 0 Å². The smallest absolute Gasteiger partial charge is 0.223 e. The lowest BCUT2D eigenvalue weighted by Gasteiger charge is -2.32. The van der Waals surface area contributed by atoms with Gasteiger partial charge in [0.15, 0.2) is 5.82 Å². The summed E-state index contributed by atoms with van der Waals surface area (Å²) in [6, 6.07) is 0. The fraction of sp³-hybridized carbons (Fsp3) is 0.812. The topological polar surface area (TPSA) is 68.5 Å². The SMILES string of the molecule is Cc1nc(C2CCCN(C(=O)CCC3CCCCO3)C2)no1. The van der Waals surface area contributed by atoms with Crippen LogP contribution in [0.25, 0.3) is 0 Å². The van der Waals surface area contributed by atoms with Gasteiger partial charge in [-0.15, -0.1) is 0 Å². The zero-order chi connectivity index (χ0) is 15.4. The lowest BCUT2D eigenvalue weighted by atomic mass is 9.96. The van der Waals surface area contributed by atoms with Crippen LogP contribution < -0.4 is 0 Å². The summed E-state index contributed by atoms with van der Waals surface area (Å²) in [5.41, 5.74) is 0. The maximum atomic E-state index is 12.4. The molecule has 2 unspecified atom stereocenters. The second-order valence-corrected chi connectivity index (χ2v) is 6.38. The molecule has 2 aliphatic heterocycles. The number of piperidine rings is 1. The molecule has 0 spiro atoms. The summed E-state index contributed by atoms with van der Waals surface area (Å²) in [4.78, 5) is 18.7. The number of aromatic nitrogens is 2. The van der Waals surface area contributed by atoms with Gasteiger partial charge in [-0.3, -0.25) is 4.79 Å². The van der Waals surface area contributed by atoms with Gasteiger partial charge in [0.1, 0.15) is 0 Å². The number of carbonyl (C=O) groups excluding carboxylic acids is 1. The number of hydrogen-bond acceptors (Lipinski definition) is 5. The van der Waals surface area contributed by atoms with Crippen molar-refractivity contribution in [3.05, 3.63) is 11.7 Å². The van der Waals surface area contributed by atoms with E-state index in [0.717, 1.165) is 51.1 Å². The number of ether oxygens (including phenoxy) is 1. The summed E-state index contributed by atoms with van der Waals surface area (Å²) in [6.45, 7) is 4.20. The van der Waals surface area contributed by atoms with Crippen molar-refractivity contribution in [3.8, 4) is 0 Å². The Morgan fingerprint density at radius 2 is 2.23 bits per heavy atom. The summed E-state index contributed by atoms with van der Waals surface area (Å²) < 4.78 is 10.8. The lowest BCUT2D eigenvalue weighted by Crippen LogP contribution is -2.39. The Hall–Kier alpha value is -1.43. The number of likely N-dealkylation sites (tertiary alicyclic amines) is 1. The van der Waals surface area contributed by atoms with E-state index in [1.807, 2.05) is 4.90 Å². The molecule has 2 fully saturated rings. The number of amides is 1. The minimum absolute atomic E-state index is 0.209. The van der Waals surface area contributed by atoms with Gasteiger partial charge in [-0.2, -0.15) is 4.98 Å². The number of aryl methyl sites for hydroxylation is 1. The van der Waals surface area contributed by atoms with E-state index in [2.05, 4.69) is 10.1 Å². The van der Waals surface area contributed by atoms with Crippen molar-refractivity contribution >= 4 is 5.91 Å². The summed E-state index contributed by atoms with van der Waals surface area (Å²) >= 11 is 0. The normalized spacial score (nSPS) is 26.1. The van der Waals surface area contributed by atoms with Crippen LogP contribution in [-0.2, 0) is 9.53 Å². The first-order chi connectivity index (χ1) is 10.7. The van der Waals surface area contributed by atoms with Crippen molar-refractivity contribution in [2.45, 2.75) is 63.9 Å². The van der Waals surface area contributed by atoms with Crippen LogP contribution in [0.5, 0.6) is 0 Å². The zero-order valence-corrected chi connectivity index (χ0v) is 13.3. The van der Waals surface area contributed by atoms with Crippen LogP contribution in [-0.4, -0.2) is 46.7 Å². The molecule has 1 aromatic rings. The van der Waals surface area contributed by atoms with Crippen LogP contribution >= 0.6 is 0 Å². The van der Waals surface area contributed by atoms with Crippen molar-refractivity contribution in [2.24, 2.45) is 0 Å². The second-order valence-electron chi connectivity index (χ2n) is 6.38. The molecule has 0 radical (unpaired) electrons. The van der Waals surface area contributed by atoms with E-state index in [0.29, 0.717) is 18.9 Å². The van der Waals surface area contributed by atoms with Crippen molar-refractivity contribution in [2.75, 3.05) is 19.7 Å². The molecule has 2 atom stereocenters. The Balaban J connectivity index is 1.49. The first-order valence-corrected chi connectivity index (χ1v) is 8.42. The number of hydrogen-bond donors (Lipinski definition) is 0. The quantitative estimate of drug-likeness (QED) is 0.854. The molecule has 6 heteroatoms. The van der Waals surface area contributed by atoms with E-state index in [1.165, 1.54) is 6.42 Å². The third kappa shape index (κ3) is 3.85. The first-order valence-electron chi connectivity index (χ1n) is 8.42. The predicted octanol–water partition coefficient (Wildman–Crippen LogP) is 2.43. The molecule has 1 aromatic heterocycles. The fourth-order valence-electron chi connectivity index (χ4n) is 3.37. The number of rotatable bonds is 4. The van der Waals surface area contributed by atoms with Crippen LogP contribution in [0.4, 0.5) is 0 Å². The van der Waals surface area contributed by atoms with Gasteiger partial charge in [0.2, 0.25) is 11.8 Å². The molecule has 2 aliphatic rings. The zero-order valence-electron chi connectivity index (χ0n) is 13.3. The molecular formula is C16H25N3O3. The molecule has 1 amide bonds. The Labute approximate surface area is 131 Å². The van der Waals surface area contributed by atoms with Crippen molar-refractivity contribution < 1.29 is 14.1 Å². The third-order valence-corrected chi connectivity index (χ3v) is 4.64. The van der Waals surface area contributed by atoms with Crippen molar-refractivity contribution in [1.82, 2.24) is 15.0 Å². The summed E-state index contributed by atoms with van der Waals surface area (Å²) in [7, 11) is 0. The Morgan fingerprint density at radius 1 is 1.32 bits per heavy atom. The summed E-state index contributed by atoms with van der Waals surface area (Å²) in [5.74, 6) is 1.78. The van der Waals surface area contributed by atoms with E-state index in [1.54, 1.807) is 6.92 Å².